The quantitative estimate of drug-likeness (QED) is 0.728. The number of thiocarbonyl (C=S) groups is 1. The number of carbonyl (C=O) groups excluding carboxylic acids is 1. The summed E-state index contributed by atoms with van der Waals surface area (Å²) < 4.78 is 38.4. The molecule has 2 aromatic carbocycles. The summed E-state index contributed by atoms with van der Waals surface area (Å²) in [5.74, 6) is -0.309. The summed E-state index contributed by atoms with van der Waals surface area (Å²) in [4.78, 5) is 15.2. The van der Waals surface area contributed by atoms with Crippen LogP contribution in [0.4, 0.5) is 18.9 Å². The van der Waals surface area contributed by atoms with Crippen LogP contribution in [0.2, 0.25) is 5.02 Å². The van der Waals surface area contributed by atoms with Crippen molar-refractivity contribution in [2.75, 3.05) is 11.4 Å². The molecule has 1 fully saturated rings. The van der Waals surface area contributed by atoms with Crippen molar-refractivity contribution >= 4 is 40.5 Å². The van der Waals surface area contributed by atoms with E-state index in [2.05, 4.69) is 0 Å². The normalized spacial score (nSPS) is 15.2. The maximum atomic E-state index is 12.8. The summed E-state index contributed by atoms with van der Waals surface area (Å²) >= 11 is 11.1. The van der Waals surface area contributed by atoms with Crippen LogP contribution >= 0.6 is 23.8 Å². The van der Waals surface area contributed by atoms with Crippen molar-refractivity contribution in [2.45, 2.75) is 12.7 Å². The lowest BCUT2D eigenvalue weighted by Crippen LogP contribution is -2.32. The zero-order chi connectivity index (χ0) is 18.2. The molecular weight excluding hydrogens is 373 g/mol. The Balaban J connectivity index is 1.84. The van der Waals surface area contributed by atoms with Gasteiger partial charge < -0.3 is 4.90 Å². The fourth-order valence-corrected chi connectivity index (χ4v) is 3.22. The topological polar surface area (TPSA) is 23.6 Å². The van der Waals surface area contributed by atoms with Gasteiger partial charge in [-0.15, -0.1) is 0 Å². The van der Waals surface area contributed by atoms with Crippen LogP contribution in [0.1, 0.15) is 11.1 Å². The van der Waals surface area contributed by atoms with Crippen LogP contribution in [0, 0.1) is 0 Å². The van der Waals surface area contributed by atoms with Crippen LogP contribution in [0.3, 0.4) is 0 Å². The highest BCUT2D eigenvalue weighted by Crippen LogP contribution is 2.37. The molecule has 1 aliphatic heterocycles. The Morgan fingerprint density at radius 3 is 2.40 bits per heavy atom. The summed E-state index contributed by atoms with van der Waals surface area (Å²) in [6.07, 6.45) is -4.55. The van der Waals surface area contributed by atoms with E-state index in [0.29, 0.717) is 6.54 Å². The maximum Gasteiger partial charge on any atom is 0.417 e. The highest BCUT2D eigenvalue weighted by Gasteiger charge is 2.36. The Morgan fingerprint density at radius 1 is 1.12 bits per heavy atom. The molecule has 0 radical (unpaired) electrons. The Kier molecular flexibility index (Phi) is 4.71. The lowest BCUT2D eigenvalue weighted by atomic mass is 10.2. The first-order valence-electron chi connectivity index (χ1n) is 7.30. The van der Waals surface area contributed by atoms with Gasteiger partial charge in [0.15, 0.2) is 5.11 Å². The van der Waals surface area contributed by atoms with Gasteiger partial charge in [0.2, 0.25) is 0 Å². The van der Waals surface area contributed by atoms with Crippen molar-refractivity contribution in [3.63, 3.8) is 0 Å². The molecule has 3 nitrogen and oxygen atoms in total. The molecule has 0 spiro atoms. The molecule has 3 rings (SSSR count). The number of carbonyl (C=O) groups is 1. The van der Waals surface area contributed by atoms with E-state index >= 15 is 0 Å². The molecule has 8 heteroatoms. The second-order valence-electron chi connectivity index (χ2n) is 5.52. The number of halogens is 4. The van der Waals surface area contributed by atoms with E-state index < -0.39 is 16.8 Å². The Labute approximate surface area is 152 Å². The minimum atomic E-state index is -4.55. The molecule has 0 unspecified atom stereocenters. The van der Waals surface area contributed by atoms with Gasteiger partial charge in [0.1, 0.15) is 6.54 Å². The highest BCUT2D eigenvalue weighted by molar-refractivity contribution is 7.80. The molecule has 0 atom stereocenters. The van der Waals surface area contributed by atoms with Gasteiger partial charge in [-0.2, -0.15) is 13.2 Å². The number of amides is 1. The molecule has 1 heterocycles. The molecule has 0 N–H and O–H groups in total. The lowest BCUT2D eigenvalue weighted by Gasteiger charge is -2.21. The van der Waals surface area contributed by atoms with Crippen molar-refractivity contribution < 1.29 is 18.0 Å². The molecule has 1 aliphatic rings. The van der Waals surface area contributed by atoms with Gasteiger partial charge in [0, 0.05) is 6.54 Å². The van der Waals surface area contributed by atoms with Gasteiger partial charge >= 0.3 is 6.18 Å². The third-order valence-corrected chi connectivity index (χ3v) is 4.52. The number of alkyl halides is 3. The Bertz CT molecular complexity index is 826. The largest absolute Gasteiger partial charge is 0.417 e. The zero-order valence-corrected chi connectivity index (χ0v) is 14.3. The molecule has 0 aromatic heterocycles. The number of anilines is 1. The molecule has 25 heavy (non-hydrogen) atoms. The first-order chi connectivity index (χ1) is 11.8. The predicted molar refractivity (Wildman–Crippen MR) is 93.4 cm³/mol. The first-order valence-corrected chi connectivity index (χ1v) is 8.08. The standard InChI is InChI=1S/C17H12ClF3N2OS/c18-14-8-12(6-7-13(14)17(19,20)21)23-15(24)10-22(16(23)25)9-11-4-2-1-3-5-11/h1-8H,9-10H2. The van der Waals surface area contributed by atoms with Crippen LogP contribution in [-0.2, 0) is 17.5 Å². The van der Waals surface area contributed by atoms with E-state index in [1.54, 1.807) is 4.90 Å². The van der Waals surface area contributed by atoms with Gasteiger partial charge in [-0.25, -0.2) is 0 Å². The van der Waals surface area contributed by atoms with E-state index in [4.69, 9.17) is 23.8 Å². The number of benzene rings is 2. The van der Waals surface area contributed by atoms with Gasteiger partial charge in [0.05, 0.1) is 16.3 Å². The molecule has 130 valence electrons. The summed E-state index contributed by atoms with van der Waals surface area (Å²) in [6.45, 7) is 0.503. The number of rotatable bonds is 3. The average molecular weight is 385 g/mol. The number of hydrogen-bond acceptors (Lipinski definition) is 2. The van der Waals surface area contributed by atoms with Crippen LogP contribution in [0.5, 0.6) is 0 Å². The third kappa shape index (κ3) is 3.62. The molecule has 1 saturated heterocycles. The molecule has 0 bridgehead atoms. The molecule has 0 saturated carbocycles. The second kappa shape index (κ2) is 6.65. The highest BCUT2D eigenvalue weighted by atomic mass is 35.5. The minimum absolute atomic E-state index is 0.0619. The fourth-order valence-electron chi connectivity index (χ4n) is 2.60. The van der Waals surface area contributed by atoms with E-state index in [0.717, 1.165) is 17.7 Å². The minimum Gasteiger partial charge on any atom is -0.335 e. The summed E-state index contributed by atoms with van der Waals surface area (Å²) in [6, 6.07) is 12.6. The molecule has 0 aliphatic carbocycles. The van der Waals surface area contributed by atoms with Gasteiger partial charge in [-0.05, 0) is 36.0 Å². The summed E-state index contributed by atoms with van der Waals surface area (Å²) in [5, 5.41) is -0.230. The van der Waals surface area contributed by atoms with E-state index in [1.807, 2.05) is 30.3 Å². The summed E-state index contributed by atoms with van der Waals surface area (Å²) in [5.41, 5.74) is 0.255. The van der Waals surface area contributed by atoms with Crippen LogP contribution in [0.25, 0.3) is 0 Å². The molecule has 2 aromatic rings. The maximum absolute atomic E-state index is 12.8. The van der Waals surface area contributed by atoms with Crippen molar-refractivity contribution in [2.24, 2.45) is 0 Å². The first kappa shape index (κ1) is 17.7. The monoisotopic (exact) mass is 384 g/mol. The molecule has 1 amide bonds. The second-order valence-corrected chi connectivity index (χ2v) is 6.29. The SMILES string of the molecule is O=C1CN(Cc2ccccc2)C(=S)N1c1ccc(C(F)(F)F)c(Cl)c1. The Hall–Kier alpha value is -2.12. The number of hydrogen-bond donors (Lipinski definition) is 0. The van der Waals surface area contributed by atoms with Crippen molar-refractivity contribution in [1.29, 1.82) is 0 Å². The van der Waals surface area contributed by atoms with Crippen molar-refractivity contribution in [1.82, 2.24) is 4.90 Å². The van der Waals surface area contributed by atoms with Gasteiger partial charge in [-0.1, -0.05) is 41.9 Å². The van der Waals surface area contributed by atoms with Gasteiger partial charge in [0.25, 0.3) is 5.91 Å². The van der Waals surface area contributed by atoms with Crippen molar-refractivity contribution in [3.8, 4) is 0 Å². The zero-order valence-electron chi connectivity index (χ0n) is 12.8. The van der Waals surface area contributed by atoms with E-state index in [9.17, 15) is 18.0 Å². The summed E-state index contributed by atoms with van der Waals surface area (Å²) in [7, 11) is 0. The van der Waals surface area contributed by atoms with E-state index in [1.165, 1.54) is 11.0 Å². The van der Waals surface area contributed by atoms with Crippen LogP contribution in [0.15, 0.2) is 48.5 Å². The average Bonchev–Trinajstić information content (AvgIpc) is 2.81. The van der Waals surface area contributed by atoms with Gasteiger partial charge in [-0.3, -0.25) is 9.69 Å². The molecular formula is C17H12ClF3N2OS. The smallest absolute Gasteiger partial charge is 0.335 e. The number of nitrogens with zero attached hydrogens (tertiary/aromatic N) is 2. The van der Waals surface area contributed by atoms with Crippen LogP contribution in [-0.4, -0.2) is 22.5 Å². The lowest BCUT2D eigenvalue weighted by molar-refractivity contribution is -0.137. The van der Waals surface area contributed by atoms with Crippen molar-refractivity contribution in [3.05, 3.63) is 64.7 Å². The van der Waals surface area contributed by atoms with E-state index in [-0.39, 0.29) is 23.3 Å². The predicted octanol–water partition coefficient (Wildman–Crippen LogP) is 4.49. The third-order valence-electron chi connectivity index (χ3n) is 3.77. The fraction of sp³-hybridized carbons (Fsp3) is 0.176. The Morgan fingerprint density at radius 2 is 1.80 bits per heavy atom. The van der Waals surface area contributed by atoms with Crippen LogP contribution < -0.4 is 4.90 Å².